The van der Waals surface area contributed by atoms with Crippen LogP contribution in [-0.2, 0) is 11.3 Å². The van der Waals surface area contributed by atoms with Gasteiger partial charge >= 0.3 is 0 Å². The number of nitrogens with one attached hydrogen (secondary N) is 1. The van der Waals surface area contributed by atoms with E-state index in [-0.39, 0.29) is 5.92 Å². The SMILES string of the molecule is O=C(NC1CC2CCC1C2)C1CCCN(Cc2cccc(Br)c2)C1. The second-order valence-electron chi connectivity index (χ2n) is 7.99. The van der Waals surface area contributed by atoms with Crippen LogP contribution in [0.2, 0.25) is 0 Å². The fourth-order valence-corrected chi connectivity index (χ4v) is 5.48. The van der Waals surface area contributed by atoms with Gasteiger partial charge in [0.2, 0.25) is 5.91 Å². The number of likely N-dealkylation sites (tertiary alicyclic amines) is 1. The lowest BCUT2D eigenvalue weighted by Gasteiger charge is -2.33. The maximum absolute atomic E-state index is 12.7. The van der Waals surface area contributed by atoms with Crippen LogP contribution in [0.5, 0.6) is 0 Å². The zero-order valence-corrected chi connectivity index (χ0v) is 15.8. The molecule has 3 fully saturated rings. The van der Waals surface area contributed by atoms with Crippen molar-refractivity contribution in [2.24, 2.45) is 17.8 Å². The van der Waals surface area contributed by atoms with E-state index in [0.29, 0.717) is 11.9 Å². The topological polar surface area (TPSA) is 32.3 Å². The highest BCUT2D eigenvalue weighted by Gasteiger charge is 2.41. The Morgan fingerprint density at radius 1 is 1.25 bits per heavy atom. The van der Waals surface area contributed by atoms with Crippen molar-refractivity contribution < 1.29 is 4.79 Å². The number of carbonyl (C=O) groups excluding carboxylic acids is 1. The minimum atomic E-state index is 0.171. The zero-order valence-electron chi connectivity index (χ0n) is 14.2. The number of piperidine rings is 1. The van der Waals surface area contributed by atoms with Gasteiger partial charge in [-0.15, -0.1) is 0 Å². The van der Waals surface area contributed by atoms with E-state index in [1.165, 1.54) is 31.2 Å². The van der Waals surface area contributed by atoms with Crippen molar-refractivity contribution in [2.75, 3.05) is 13.1 Å². The summed E-state index contributed by atoms with van der Waals surface area (Å²) < 4.78 is 1.13. The maximum Gasteiger partial charge on any atom is 0.224 e. The van der Waals surface area contributed by atoms with E-state index in [1.54, 1.807) is 0 Å². The molecule has 4 unspecified atom stereocenters. The predicted octanol–water partition coefficient (Wildman–Crippen LogP) is 3.97. The minimum Gasteiger partial charge on any atom is -0.353 e. The first-order valence-corrected chi connectivity index (χ1v) is 10.2. The fourth-order valence-electron chi connectivity index (χ4n) is 5.03. The Hall–Kier alpha value is -0.870. The molecule has 24 heavy (non-hydrogen) atoms. The van der Waals surface area contributed by atoms with Gasteiger partial charge < -0.3 is 5.32 Å². The van der Waals surface area contributed by atoms with E-state index in [4.69, 9.17) is 0 Å². The molecule has 2 saturated carbocycles. The van der Waals surface area contributed by atoms with E-state index >= 15 is 0 Å². The van der Waals surface area contributed by atoms with E-state index in [2.05, 4.69) is 50.4 Å². The van der Waals surface area contributed by atoms with Crippen LogP contribution in [-0.4, -0.2) is 29.9 Å². The standard InChI is InChI=1S/C20H27BrN2O/c21-18-5-1-3-15(10-18)12-23-8-2-4-17(13-23)20(24)22-19-11-14-6-7-16(19)9-14/h1,3,5,10,14,16-17,19H,2,4,6-9,11-13H2,(H,22,24). The molecule has 4 heteroatoms. The van der Waals surface area contributed by atoms with Crippen LogP contribution < -0.4 is 5.32 Å². The summed E-state index contributed by atoms with van der Waals surface area (Å²) >= 11 is 3.54. The summed E-state index contributed by atoms with van der Waals surface area (Å²) in [6.45, 7) is 2.95. The molecule has 1 aliphatic heterocycles. The number of hydrogen-bond donors (Lipinski definition) is 1. The van der Waals surface area contributed by atoms with E-state index < -0.39 is 0 Å². The Bertz CT molecular complexity index is 605. The molecule has 1 heterocycles. The molecule has 3 aliphatic rings. The van der Waals surface area contributed by atoms with Gasteiger partial charge in [0.05, 0.1) is 5.92 Å². The molecule has 4 rings (SSSR count). The Kier molecular flexibility index (Phi) is 4.95. The summed E-state index contributed by atoms with van der Waals surface area (Å²) in [7, 11) is 0. The zero-order chi connectivity index (χ0) is 16.5. The monoisotopic (exact) mass is 390 g/mol. The molecule has 0 radical (unpaired) electrons. The quantitative estimate of drug-likeness (QED) is 0.843. The van der Waals surface area contributed by atoms with Crippen LogP contribution in [0.4, 0.5) is 0 Å². The Balaban J connectivity index is 1.32. The minimum absolute atomic E-state index is 0.171. The highest BCUT2D eigenvalue weighted by atomic mass is 79.9. The average Bonchev–Trinajstić information content (AvgIpc) is 3.18. The molecule has 2 bridgehead atoms. The van der Waals surface area contributed by atoms with Crippen molar-refractivity contribution in [3.63, 3.8) is 0 Å². The molecule has 3 nitrogen and oxygen atoms in total. The van der Waals surface area contributed by atoms with E-state index in [9.17, 15) is 4.79 Å². The highest BCUT2D eigenvalue weighted by molar-refractivity contribution is 9.10. The van der Waals surface area contributed by atoms with Crippen molar-refractivity contribution in [3.05, 3.63) is 34.3 Å². The van der Waals surface area contributed by atoms with E-state index in [0.717, 1.165) is 48.8 Å². The van der Waals surface area contributed by atoms with Gasteiger partial charge in [-0.1, -0.05) is 34.5 Å². The van der Waals surface area contributed by atoms with Gasteiger partial charge in [0.15, 0.2) is 0 Å². The summed E-state index contributed by atoms with van der Waals surface area (Å²) in [5.74, 6) is 2.14. The fraction of sp³-hybridized carbons (Fsp3) is 0.650. The van der Waals surface area contributed by atoms with Gasteiger partial charge in [-0.05, 0) is 68.2 Å². The number of amides is 1. The van der Waals surface area contributed by atoms with Crippen LogP contribution in [0.3, 0.4) is 0 Å². The summed E-state index contributed by atoms with van der Waals surface area (Å²) in [4.78, 5) is 15.2. The Morgan fingerprint density at radius 3 is 2.92 bits per heavy atom. The first-order valence-electron chi connectivity index (χ1n) is 9.44. The molecule has 1 aromatic carbocycles. The number of carbonyl (C=O) groups is 1. The predicted molar refractivity (Wildman–Crippen MR) is 99.5 cm³/mol. The summed E-state index contributed by atoms with van der Waals surface area (Å²) in [5.41, 5.74) is 1.32. The van der Waals surface area contributed by atoms with Gasteiger partial charge in [0, 0.05) is 23.6 Å². The lowest BCUT2D eigenvalue weighted by Crippen LogP contribution is -2.47. The Morgan fingerprint density at radius 2 is 2.17 bits per heavy atom. The number of rotatable bonds is 4. The number of halogens is 1. The molecular weight excluding hydrogens is 364 g/mol. The molecule has 130 valence electrons. The van der Waals surface area contributed by atoms with Crippen molar-refractivity contribution in [3.8, 4) is 0 Å². The lowest BCUT2D eigenvalue weighted by atomic mass is 9.92. The second kappa shape index (κ2) is 7.17. The van der Waals surface area contributed by atoms with Crippen molar-refractivity contribution in [2.45, 2.75) is 51.1 Å². The third-order valence-electron chi connectivity index (χ3n) is 6.24. The van der Waals surface area contributed by atoms with Gasteiger partial charge in [-0.25, -0.2) is 0 Å². The van der Waals surface area contributed by atoms with Gasteiger partial charge in [0.25, 0.3) is 0 Å². The van der Waals surface area contributed by atoms with Crippen molar-refractivity contribution in [1.82, 2.24) is 10.2 Å². The van der Waals surface area contributed by atoms with Crippen LogP contribution in [0.25, 0.3) is 0 Å². The average molecular weight is 391 g/mol. The maximum atomic E-state index is 12.7. The van der Waals surface area contributed by atoms with Crippen LogP contribution in [0.1, 0.15) is 44.1 Å². The van der Waals surface area contributed by atoms with Gasteiger partial charge in [-0.2, -0.15) is 0 Å². The number of fused-ring (bicyclic) bond motifs is 2. The van der Waals surface area contributed by atoms with Crippen LogP contribution in [0, 0.1) is 17.8 Å². The van der Waals surface area contributed by atoms with Crippen molar-refractivity contribution >= 4 is 21.8 Å². The second-order valence-corrected chi connectivity index (χ2v) is 8.91. The largest absolute Gasteiger partial charge is 0.353 e. The lowest BCUT2D eigenvalue weighted by molar-refractivity contribution is -0.127. The number of hydrogen-bond acceptors (Lipinski definition) is 2. The molecule has 2 aliphatic carbocycles. The molecule has 4 atom stereocenters. The summed E-state index contributed by atoms with van der Waals surface area (Å²) in [6, 6.07) is 8.97. The van der Waals surface area contributed by atoms with Gasteiger partial charge in [-0.3, -0.25) is 9.69 Å². The molecule has 1 amide bonds. The normalized spacial score (nSPS) is 32.9. The van der Waals surface area contributed by atoms with E-state index in [1.807, 2.05) is 0 Å². The Labute approximate surface area is 153 Å². The van der Waals surface area contributed by atoms with Gasteiger partial charge in [0.1, 0.15) is 0 Å². The molecule has 1 N–H and O–H groups in total. The molecular formula is C20H27BrN2O. The summed E-state index contributed by atoms with van der Waals surface area (Å²) in [5, 5.41) is 3.40. The third kappa shape index (κ3) is 3.70. The first kappa shape index (κ1) is 16.6. The van der Waals surface area contributed by atoms with Crippen molar-refractivity contribution in [1.29, 1.82) is 0 Å². The van der Waals surface area contributed by atoms with Crippen LogP contribution in [0.15, 0.2) is 28.7 Å². The summed E-state index contributed by atoms with van der Waals surface area (Å²) in [6.07, 6.45) is 7.47. The first-order chi connectivity index (χ1) is 11.7. The number of nitrogens with zero attached hydrogens (tertiary/aromatic N) is 1. The molecule has 1 saturated heterocycles. The molecule has 0 spiro atoms. The third-order valence-corrected chi connectivity index (χ3v) is 6.73. The molecule has 1 aromatic rings. The molecule has 0 aromatic heterocycles. The van der Waals surface area contributed by atoms with Crippen LogP contribution >= 0.6 is 15.9 Å². The number of benzene rings is 1. The highest BCUT2D eigenvalue weighted by Crippen LogP contribution is 2.44. The smallest absolute Gasteiger partial charge is 0.224 e.